The predicted octanol–water partition coefficient (Wildman–Crippen LogP) is 1.77. The molecular weight excluding hydrogens is 190 g/mol. The minimum atomic E-state index is 0.282. The molecule has 0 amide bonds. The minimum Gasteiger partial charge on any atom is -0.508 e. The molecule has 1 aliphatic rings. The van der Waals surface area contributed by atoms with E-state index < -0.39 is 0 Å². The molecule has 0 atom stereocenters. The lowest BCUT2D eigenvalue weighted by molar-refractivity contribution is 0.215. The number of nitrogens with one attached hydrogen (secondary N) is 1. The van der Waals surface area contributed by atoms with Gasteiger partial charge in [0.2, 0.25) is 0 Å². The summed E-state index contributed by atoms with van der Waals surface area (Å²) in [4.78, 5) is 0. The van der Waals surface area contributed by atoms with E-state index in [4.69, 9.17) is 9.84 Å². The van der Waals surface area contributed by atoms with Gasteiger partial charge in [-0.3, -0.25) is 0 Å². The number of benzene rings is 1. The van der Waals surface area contributed by atoms with E-state index in [1.807, 2.05) is 0 Å². The van der Waals surface area contributed by atoms with E-state index in [-0.39, 0.29) is 5.75 Å². The zero-order valence-electron chi connectivity index (χ0n) is 8.78. The second kappa shape index (κ2) is 5.03. The summed E-state index contributed by atoms with van der Waals surface area (Å²) in [5, 5.41) is 12.4. The van der Waals surface area contributed by atoms with Gasteiger partial charge in [-0.05, 0) is 56.1 Å². The van der Waals surface area contributed by atoms with Gasteiger partial charge in [-0.1, -0.05) is 0 Å². The first-order chi connectivity index (χ1) is 7.34. The van der Waals surface area contributed by atoms with Crippen molar-refractivity contribution in [3.05, 3.63) is 24.3 Å². The maximum Gasteiger partial charge on any atom is 0.119 e. The van der Waals surface area contributed by atoms with Crippen molar-refractivity contribution in [2.75, 3.05) is 19.7 Å². The third-order valence-corrected chi connectivity index (χ3v) is 2.78. The quantitative estimate of drug-likeness (QED) is 0.793. The lowest BCUT2D eigenvalue weighted by atomic mass is 9.99. The molecule has 1 heterocycles. The summed E-state index contributed by atoms with van der Waals surface area (Å²) in [7, 11) is 0. The number of piperidine rings is 1. The molecule has 0 bridgehead atoms. The average molecular weight is 207 g/mol. The van der Waals surface area contributed by atoms with E-state index >= 15 is 0 Å². The van der Waals surface area contributed by atoms with Crippen LogP contribution in [-0.4, -0.2) is 24.8 Å². The number of hydrogen-bond donors (Lipinski definition) is 2. The van der Waals surface area contributed by atoms with Gasteiger partial charge in [0.1, 0.15) is 11.5 Å². The van der Waals surface area contributed by atoms with E-state index in [2.05, 4.69) is 5.32 Å². The number of aromatic hydroxyl groups is 1. The third-order valence-electron chi connectivity index (χ3n) is 2.78. The molecule has 3 heteroatoms. The molecule has 2 N–H and O–H groups in total. The summed E-state index contributed by atoms with van der Waals surface area (Å²) in [6.07, 6.45) is 2.39. The predicted molar refractivity (Wildman–Crippen MR) is 59.2 cm³/mol. The van der Waals surface area contributed by atoms with Crippen LogP contribution in [0.15, 0.2) is 24.3 Å². The zero-order valence-corrected chi connectivity index (χ0v) is 8.78. The van der Waals surface area contributed by atoms with E-state index in [9.17, 15) is 0 Å². The number of hydrogen-bond acceptors (Lipinski definition) is 3. The highest BCUT2D eigenvalue weighted by atomic mass is 16.5. The van der Waals surface area contributed by atoms with E-state index in [1.54, 1.807) is 24.3 Å². The Labute approximate surface area is 90.1 Å². The van der Waals surface area contributed by atoms with Crippen molar-refractivity contribution >= 4 is 0 Å². The van der Waals surface area contributed by atoms with Crippen LogP contribution < -0.4 is 10.1 Å². The second-order valence-corrected chi connectivity index (χ2v) is 4.00. The van der Waals surface area contributed by atoms with Crippen LogP contribution in [-0.2, 0) is 0 Å². The van der Waals surface area contributed by atoms with Crippen LogP contribution in [0.3, 0.4) is 0 Å². The Hall–Kier alpha value is -1.22. The fraction of sp³-hybridized carbons (Fsp3) is 0.500. The van der Waals surface area contributed by atoms with Gasteiger partial charge in [0.25, 0.3) is 0 Å². The summed E-state index contributed by atoms with van der Waals surface area (Å²) in [6.45, 7) is 2.99. The molecule has 1 aromatic rings. The average Bonchev–Trinajstić information content (AvgIpc) is 2.30. The van der Waals surface area contributed by atoms with Crippen LogP contribution >= 0.6 is 0 Å². The van der Waals surface area contributed by atoms with Crippen LogP contribution in [0.1, 0.15) is 12.8 Å². The SMILES string of the molecule is Oc1ccc(OCC2CCNCC2)cc1. The normalized spacial score (nSPS) is 17.6. The molecule has 0 radical (unpaired) electrons. The molecule has 2 rings (SSSR count). The van der Waals surface area contributed by atoms with Crippen molar-refractivity contribution in [1.82, 2.24) is 5.32 Å². The molecule has 0 aromatic heterocycles. The van der Waals surface area contributed by atoms with Crippen molar-refractivity contribution in [2.24, 2.45) is 5.92 Å². The Morgan fingerprint density at radius 1 is 1.20 bits per heavy atom. The topological polar surface area (TPSA) is 41.5 Å². The van der Waals surface area contributed by atoms with E-state index in [0.717, 1.165) is 25.4 Å². The summed E-state index contributed by atoms with van der Waals surface area (Å²) in [5.41, 5.74) is 0. The summed E-state index contributed by atoms with van der Waals surface area (Å²) >= 11 is 0. The van der Waals surface area contributed by atoms with Crippen LogP contribution in [0.2, 0.25) is 0 Å². The van der Waals surface area contributed by atoms with E-state index in [0.29, 0.717) is 5.92 Å². The highest BCUT2D eigenvalue weighted by Gasteiger charge is 2.13. The van der Waals surface area contributed by atoms with E-state index in [1.165, 1.54) is 12.8 Å². The van der Waals surface area contributed by atoms with Gasteiger partial charge in [0, 0.05) is 0 Å². The van der Waals surface area contributed by atoms with Crippen LogP contribution in [0.5, 0.6) is 11.5 Å². The van der Waals surface area contributed by atoms with Crippen LogP contribution in [0.4, 0.5) is 0 Å². The Balaban J connectivity index is 1.79. The lowest BCUT2D eigenvalue weighted by Crippen LogP contribution is -2.30. The fourth-order valence-corrected chi connectivity index (χ4v) is 1.80. The summed E-state index contributed by atoms with van der Waals surface area (Å²) in [6, 6.07) is 6.91. The Morgan fingerprint density at radius 2 is 1.87 bits per heavy atom. The largest absolute Gasteiger partial charge is 0.508 e. The van der Waals surface area contributed by atoms with Gasteiger partial charge in [0.05, 0.1) is 6.61 Å². The molecule has 1 aromatic carbocycles. The van der Waals surface area contributed by atoms with Gasteiger partial charge >= 0.3 is 0 Å². The molecule has 82 valence electrons. The fourth-order valence-electron chi connectivity index (χ4n) is 1.80. The molecule has 1 saturated heterocycles. The van der Waals surface area contributed by atoms with Gasteiger partial charge < -0.3 is 15.2 Å². The molecule has 0 saturated carbocycles. The van der Waals surface area contributed by atoms with Gasteiger partial charge in [-0.25, -0.2) is 0 Å². The number of rotatable bonds is 3. The maximum atomic E-state index is 9.11. The van der Waals surface area contributed by atoms with Crippen molar-refractivity contribution in [2.45, 2.75) is 12.8 Å². The molecule has 15 heavy (non-hydrogen) atoms. The Kier molecular flexibility index (Phi) is 3.45. The molecular formula is C12H17NO2. The van der Waals surface area contributed by atoms with Crippen molar-refractivity contribution in [1.29, 1.82) is 0 Å². The van der Waals surface area contributed by atoms with Crippen molar-refractivity contribution in [3.63, 3.8) is 0 Å². The number of ether oxygens (including phenoxy) is 1. The van der Waals surface area contributed by atoms with Gasteiger partial charge in [0.15, 0.2) is 0 Å². The highest BCUT2D eigenvalue weighted by Crippen LogP contribution is 2.18. The molecule has 1 fully saturated rings. The molecule has 3 nitrogen and oxygen atoms in total. The third kappa shape index (κ3) is 3.13. The van der Waals surface area contributed by atoms with Gasteiger partial charge in [-0.2, -0.15) is 0 Å². The first-order valence-electron chi connectivity index (χ1n) is 5.47. The Morgan fingerprint density at radius 3 is 2.53 bits per heavy atom. The van der Waals surface area contributed by atoms with Crippen molar-refractivity contribution in [3.8, 4) is 11.5 Å². The molecule has 0 unspecified atom stereocenters. The second-order valence-electron chi connectivity index (χ2n) is 4.00. The first-order valence-corrected chi connectivity index (χ1v) is 5.47. The van der Waals surface area contributed by atoms with Crippen LogP contribution in [0.25, 0.3) is 0 Å². The van der Waals surface area contributed by atoms with Gasteiger partial charge in [-0.15, -0.1) is 0 Å². The summed E-state index contributed by atoms with van der Waals surface area (Å²) in [5.74, 6) is 1.79. The number of phenolic OH excluding ortho intramolecular Hbond substituents is 1. The molecule has 0 aliphatic carbocycles. The lowest BCUT2D eigenvalue weighted by Gasteiger charge is -2.22. The maximum absolute atomic E-state index is 9.11. The smallest absolute Gasteiger partial charge is 0.119 e. The minimum absolute atomic E-state index is 0.282. The summed E-state index contributed by atoms with van der Waals surface area (Å²) < 4.78 is 5.66. The molecule has 0 spiro atoms. The zero-order chi connectivity index (χ0) is 10.5. The standard InChI is InChI=1S/C12H17NO2/c14-11-1-3-12(4-2-11)15-9-10-5-7-13-8-6-10/h1-4,10,13-14H,5-9H2. The van der Waals surface area contributed by atoms with Crippen LogP contribution in [0, 0.1) is 5.92 Å². The monoisotopic (exact) mass is 207 g/mol. The highest BCUT2D eigenvalue weighted by molar-refractivity contribution is 5.30. The number of phenols is 1. The van der Waals surface area contributed by atoms with Crippen molar-refractivity contribution < 1.29 is 9.84 Å². The Bertz CT molecular complexity index is 291. The molecule has 1 aliphatic heterocycles. The first kappa shape index (κ1) is 10.3.